The van der Waals surface area contributed by atoms with E-state index in [4.69, 9.17) is 4.74 Å². The number of amides is 1. The van der Waals surface area contributed by atoms with Crippen molar-refractivity contribution in [1.29, 1.82) is 0 Å². The lowest BCUT2D eigenvalue weighted by Gasteiger charge is -2.27. The van der Waals surface area contributed by atoms with Crippen molar-refractivity contribution in [3.63, 3.8) is 0 Å². The van der Waals surface area contributed by atoms with Crippen molar-refractivity contribution in [1.82, 2.24) is 14.5 Å². The Balaban J connectivity index is 1.69. The molecule has 4 rings (SSSR count). The average molecular weight is 361 g/mol. The van der Waals surface area contributed by atoms with Crippen molar-refractivity contribution in [3.8, 4) is 11.1 Å². The molecule has 0 radical (unpaired) electrons. The van der Waals surface area contributed by atoms with Crippen LogP contribution in [0, 0.1) is 6.92 Å². The molecule has 0 atom stereocenters. The molecule has 1 aliphatic rings. The Morgan fingerprint density at radius 1 is 1.04 bits per heavy atom. The number of benzene rings is 1. The van der Waals surface area contributed by atoms with Crippen LogP contribution < -0.4 is 0 Å². The van der Waals surface area contributed by atoms with Crippen LogP contribution in [0.5, 0.6) is 0 Å². The van der Waals surface area contributed by atoms with Gasteiger partial charge in [0.1, 0.15) is 5.69 Å². The molecule has 3 aromatic rings. The highest BCUT2D eigenvalue weighted by Gasteiger charge is 2.22. The lowest BCUT2D eigenvalue weighted by Crippen LogP contribution is -2.41. The average Bonchev–Trinajstić information content (AvgIpc) is 3.14. The first kappa shape index (κ1) is 17.5. The van der Waals surface area contributed by atoms with Crippen LogP contribution in [-0.2, 0) is 11.3 Å². The fourth-order valence-electron chi connectivity index (χ4n) is 3.34. The minimum atomic E-state index is 0.0608. The van der Waals surface area contributed by atoms with E-state index >= 15 is 0 Å². The summed E-state index contributed by atoms with van der Waals surface area (Å²) < 4.78 is 7.44. The van der Waals surface area contributed by atoms with Crippen LogP contribution in [0.2, 0.25) is 0 Å². The molecule has 3 heterocycles. The highest BCUT2D eigenvalue weighted by Crippen LogP contribution is 2.24. The van der Waals surface area contributed by atoms with Gasteiger partial charge in [-0.15, -0.1) is 0 Å². The standard InChI is InChI=1S/C22H23N3O2/c1-17-2-4-18(5-3-17)15-25-16-20(19-6-8-23-9-7-19)14-21(25)22(26)24-10-12-27-13-11-24/h2-9,14,16H,10-13,15H2,1H3. The lowest BCUT2D eigenvalue weighted by molar-refractivity contribution is 0.0296. The van der Waals surface area contributed by atoms with E-state index in [1.165, 1.54) is 11.1 Å². The molecule has 1 amide bonds. The van der Waals surface area contributed by atoms with Gasteiger partial charge in [0.2, 0.25) is 0 Å². The molecule has 0 spiro atoms. The zero-order valence-corrected chi connectivity index (χ0v) is 15.5. The van der Waals surface area contributed by atoms with Crippen molar-refractivity contribution < 1.29 is 9.53 Å². The number of rotatable bonds is 4. The monoisotopic (exact) mass is 361 g/mol. The predicted molar refractivity (Wildman–Crippen MR) is 105 cm³/mol. The summed E-state index contributed by atoms with van der Waals surface area (Å²) in [4.78, 5) is 19.1. The van der Waals surface area contributed by atoms with Gasteiger partial charge in [-0.1, -0.05) is 29.8 Å². The maximum Gasteiger partial charge on any atom is 0.270 e. The number of aryl methyl sites for hydroxylation is 1. The molecule has 1 saturated heterocycles. The van der Waals surface area contributed by atoms with Crippen molar-refractivity contribution in [2.24, 2.45) is 0 Å². The Labute approximate surface area is 159 Å². The number of nitrogens with zero attached hydrogens (tertiary/aromatic N) is 3. The van der Waals surface area contributed by atoms with Gasteiger partial charge in [-0.25, -0.2) is 0 Å². The van der Waals surface area contributed by atoms with Crippen molar-refractivity contribution >= 4 is 5.91 Å². The summed E-state index contributed by atoms with van der Waals surface area (Å²) in [5, 5.41) is 0. The summed E-state index contributed by atoms with van der Waals surface area (Å²) >= 11 is 0. The molecule has 1 aromatic carbocycles. The second-order valence-electron chi connectivity index (χ2n) is 6.87. The van der Waals surface area contributed by atoms with Gasteiger partial charge in [0.15, 0.2) is 0 Å². The Hall–Kier alpha value is -2.92. The first-order valence-electron chi connectivity index (χ1n) is 9.24. The van der Waals surface area contributed by atoms with E-state index in [2.05, 4.69) is 46.9 Å². The van der Waals surface area contributed by atoms with E-state index in [1.807, 2.05) is 23.1 Å². The van der Waals surface area contributed by atoms with E-state index in [-0.39, 0.29) is 5.91 Å². The molecule has 1 aliphatic heterocycles. The third kappa shape index (κ3) is 3.93. The normalized spacial score (nSPS) is 14.3. The summed E-state index contributed by atoms with van der Waals surface area (Å²) in [7, 11) is 0. The number of aromatic nitrogens is 2. The minimum absolute atomic E-state index is 0.0608. The van der Waals surface area contributed by atoms with Crippen LogP contribution in [0.1, 0.15) is 21.6 Å². The Morgan fingerprint density at radius 2 is 1.74 bits per heavy atom. The molecule has 0 bridgehead atoms. The van der Waals surface area contributed by atoms with Gasteiger partial charge in [-0.2, -0.15) is 0 Å². The molecule has 0 saturated carbocycles. The van der Waals surface area contributed by atoms with Gasteiger partial charge in [-0.3, -0.25) is 9.78 Å². The molecule has 0 N–H and O–H groups in total. The molecular weight excluding hydrogens is 338 g/mol. The van der Waals surface area contributed by atoms with Gasteiger partial charge >= 0.3 is 0 Å². The molecule has 1 fully saturated rings. The number of hydrogen-bond acceptors (Lipinski definition) is 3. The van der Waals surface area contributed by atoms with Gasteiger partial charge in [0.05, 0.1) is 13.2 Å². The van der Waals surface area contributed by atoms with Crippen LogP contribution in [0.15, 0.2) is 61.1 Å². The molecular formula is C22H23N3O2. The highest BCUT2D eigenvalue weighted by atomic mass is 16.5. The van der Waals surface area contributed by atoms with Crippen molar-refractivity contribution in [2.75, 3.05) is 26.3 Å². The Morgan fingerprint density at radius 3 is 2.44 bits per heavy atom. The third-order valence-corrected chi connectivity index (χ3v) is 4.90. The van der Waals surface area contributed by atoms with Crippen LogP contribution in [0.25, 0.3) is 11.1 Å². The smallest absolute Gasteiger partial charge is 0.270 e. The molecule has 0 unspecified atom stereocenters. The van der Waals surface area contributed by atoms with Gasteiger partial charge in [0.25, 0.3) is 5.91 Å². The quantitative estimate of drug-likeness (QED) is 0.716. The summed E-state index contributed by atoms with van der Waals surface area (Å²) in [5.74, 6) is 0.0608. The van der Waals surface area contributed by atoms with Crippen LogP contribution in [0.3, 0.4) is 0 Å². The fraction of sp³-hybridized carbons (Fsp3) is 0.273. The largest absolute Gasteiger partial charge is 0.378 e. The summed E-state index contributed by atoms with van der Waals surface area (Å²) in [6.07, 6.45) is 5.61. The number of ether oxygens (including phenoxy) is 1. The van der Waals surface area contributed by atoms with Crippen molar-refractivity contribution in [3.05, 3.63) is 77.9 Å². The lowest BCUT2D eigenvalue weighted by atomic mass is 10.1. The molecule has 5 nitrogen and oxygen atoms in total. The third-order valence-electron chi connectivity index (χ3n) is 4.90. The number of carbonyl (C=O) groups is 1. The van der Waals surface area contributed by atoms with E-state index in [1.54, 1.807) is 12.4 Å². The summed E-state index contributed by atoms with van der Waals surface area (Å²) in [5.41, 5.74) is 5.20. The second kappa shape index (κ2) is 7.76. The maximum absolute atomic E-state index is 13.1. The maximum atomic E-state index is 13.1. The Bertz CT molecular complexity index is 910. The number of hydrogen-bond donors (Lipinski definition) is 0. The fourth-order valence-corrected chi connectivity index (χ4v) is 3.34. The predicted octanol–water partition coefficient (Wildman–Crippen LogP) is 3.38. The van der Waals surface area contributed by atoms with E-state index < -0.39 is 0 Å². The molecule has 5 heteroatoms. The van der Waals surface area contributed by atoms with Crippen LogP contribution in [-0.4, -0.2) is 46.7 Å². The molecule has 2 aromatic heterocycles. The molecule has 138 valence electrons. The summed E-state index contributed by atoms with van der Waals surface area (Å²) in [6, 6.07) is 14.4. The summed E-state index contributed by atoms with van der Waals surface area (Å²) in [6.45, 7) is 5.21. The zero-order valence-electron chi connectivity index (χ0n) is 15.5. The Kier molecular flexibility index (Phi) is 5.03. The topological polar surface area (TPSA) is 47.4 Å². The van der Waals surface area contributed by atoms with Gasteiger partial charge in [0, 0.05) is 43.8 Å². The van der Waals surface area contributed by atoms with Crippen LogP contribution in [0.4, 0.5) is 0 Å². The van der Waals surface area contributed by atoms with Gasteiger partial charge < -0.3 is 14.2 Å². The van der Waals surface area contributed by atoms with E-state index in [9.17, 15) is 4.79 Å². The minimum Gasteiger partial charge on any atom is -0.378 e. The molecule has 27 heavy (non-hydrogen) atoms. The molecule has 0 aliphatic carbocycles. The number of carbonyl (C=O) groups excluding carboxylic acids is 1. The first-order valence-corrected chi connectivity index (χ1v) is 9.24. The van der Waals surface area contributed by atoms with E-state index in [0.717, 1.165) is 11.1 Å². The highest BCUT2D eigenvalue weighted by molar-refractivity contribution is 5.94. The first-order chi connectivity index (χ1) is 13.2. The van der Waals surface area contributed by atoms with Crippen molar-refractivity contribution in [2.45, 2.75) is 13.5 Å². The van der Waals surface area contributed by atoms with E-state index in [0.29, 0.717) is 38.5 Å². The number of pyridine rings is 1. The number of morpholine rings is 1. The second-order valence-corrected chi connectivity index (χ2v) is 6.87. The SMILES string of the molecule is Cc1ccc(Cn2cc(-c3ccncc3)cc2C(=O)N2CCOCC2)cc1. The van der Waals surface area contributed by atoms with Gasteiger partial charge in [-0.05, 0) is 36.2 Å². The zero-order chi connectivity index (χ0) is 18.6. The van der Waals surface area contributed by atoms with Crippen LogP contribution >= 0.6 is 0 Å².